The standard InChI is InChI=1S/C16H18N4O/c1-10-4-6-13-12(8-10)15(16(21)19-13)18-11-5-7-14(17-9-11)20(2)3/h4-9,15,18H,1-3H3,(H,19,21). The number of aromatic nitrogens is 1. The number of rotatable bonds is 3. The molecule has 1 aromatic carbocycles. The van der Waals surface area contributed by atoms with E-state index in [0.29, 0.717) is 0 Å². The largest absolute Gasteiger partial charge is 0.369 e. The summed E-state index contributed by atoms with van der Waals surface area (Å²) in [6.45, 7) is 2.02. The Bertz CT molecular complexity index is 679. The first kappa shape index (κ1) is 13.4. The molecule has 0 bridgehead atoms. The number of anilines is 3. The second-order valence-corrected chi connectivity index (χ2v) is 5.46. The van der Waals surface area contributed by atoms with Gasteiger partial charge in [-0.3, -0.25) is 4.79 Å². The Kier molecular flexibility index (Phi) is 3.25. The molecular formula is C16H18N4O. The lowest BCUT2D eigenvalue weighted by molar-refractivity contribution is -0.116. The highest BCUT2D eigenvalue weighted by molar-refractivity contribution is 6.04. The van der Waals surface area contributed by atoms with E-state index >= 15 is 0 Å². The van der Waals surface area contributed by atoms with E-state index in [-0.39, 0.29) is 11.9 Å². The van der Waals surface area contributed by atoms with Crippen molar-refractivity contribution in [3.05, 3.63) is 47.7 Å². The Hall–Kier alpha value is -2.56. The molecule has 2 N–H and O–H groups in total. The van der Waals surface area contributed by atoms with Gasteiger partial charge in [-0.05, 0) is 25.1 Å². The number of benzene rings is 1. The number of aryl methyl sites for hydroxylation is 1. The second kappa shape index (κ2) is 5.09. The molecule has 1 amide bonds. The van der Waals surface area contributed by atoms with Gasteiger partial charge in [0.05, 0.1) is 11.9 Å². The normalized spacial score (nSPS) is 16.3. The Balaban J connectivity index is 1.85. The molecule has 1 aromatic heterocycles. The van der Waals surface area contributed by atoms with Crippen molar-refractivity contribution in [2.24, 2.45) is 0 Å². The summed E-state index contributed by atoms with van der Waals surface area (Å²) in [5.41, 5.74) is 3.82. The van der Waals surface area contributed by atoms with E-state index in [9.17, 15) is 4.79 Å². The maximum atomic E-state index is 12.1. The van der Waals surface area contributed by atoms with Gasteiger partial charge in [-0.1, -0.05) is 17.7 Å². The summed E-state index contributed by atoms with van der Waals surface area (Å²) in [4.78, 5) is 18.4. The smallest absolute Gasteiger partial charge is 0.251 e. The van der Waals surface area contributed by atoms with Crippen LogP contribution in [0.3, 0.4) is 0 Å². The lowest BCUT2D eigenvalue weighted by atomic mass is 10.1. The van der Waals surface area contributed by atoms with Crippen LogP contribution in [0.2, 0.25) is 0 Å². The van der Waals surface area contributed by atoms with Crippen molar-refractivity contribution in [2.45, 2.75) is 13.0 Å². The van der Waals surface area contributed by atoms with Crippen LogP contribution in [0.25, 0.3) is 0 Å². The first-order valence-corrected chi connectivity index (χ1v) is 6.86. The fourth-order valence-corrected chi connectivity index (χ4v) is 2.43. The summed E-state index contributed by atoms with van der Waals surface area (Å²) < 4.78 is 0. The Morgan fingerprint density at radius 2 is 2.05 bits per heavy atom. The third kappa shape index (κ3) is 2.54. The molecule has 2 heterocycles. The monoisotopic (exact) mass is 282 g/mol. The molecule has 0 aliphatic carbocycles. The molecule has 108 valence electrons. The maximum Gasteiger partial charge on any atom is 0.251 e. The second-order valence-electron chi connectivity index (χ2n) is 5.46. The summed E-state index contributed by atoms with van der Waals surface area (Å²) in [5.74, 6) is 0.847. The molecular weight excluding hydrogens is 264 g/mol. The highest BCUT2D eigenvalue weighted by Gasteiger charge is 2.30. The van der Waals surface area contributed by atoms with E-state index in [1.807, 2.05) is 56.3 Å². The summed E-state index contributed by atoms with van der Waals surface area (Å²) in [5, 5.41) is 6.14. The average Bonchev–Trinajstić information content (AvgIpc) is 2.76. The Morgan fingerprint density at radius 3 is 2.71 bits per heavy atom. The van der Waals surface area contributed by atoms with Crippen LogP contribution in [-0.4, -0.2) is 25.0 Å². The lowest BCUT2D eigenvalue weighted by Crippen LogP contribution is -2.20. The third-order valence-electron chi connectivity index (χ3n) is 3.56. The number of carbonyl (C=O) groups excluding carboxylic acids is 1. The predicted octanol–water partition coefficient (Wildman–Crippen LogP) is 2.56. The fraction of sp³-hybridized carbons (Fsp3) is 0.250. The summed E-state index contributed by atoms with van der Waals surface area (Å²) >= 11 is 0. The van der Waals surface area contributed by atoms with Gasteiger partial charge in [-0.15, -0.1) is 0 Å². The zero-order valence-corrected chi connectivity index (χ0v) is 12.3. The van der Waals surface area contributed by atoms with Gasteiger partial charge < -0.3 is 15.5 Å². The number of hydrogen-bond donors (Lipinski definition) is 2. The summed E-state index contributed by atoms with van der Waals surface area (Å²) in [7, 11) is 3.89. The van der Waals surface area contributed by atoms with Gasteiger partial charge in [-0.25, -0.2) is 4.98 Å². The van der Waals surface area contributed by atoms with Gasteiger partial charge in [0, 0.05) is 25.3 Å². The SMILES string of the molecule is Cc1ccc2c(c1)C(Nc1ccc(N(C)C)nc1)C(=O)N2. The van der Waals surface area contributed by atoms with Gasteiger partial charge in [0.1, 0.15) is 11.9 Å². The van der Waals surface area contributed by atoms with Crippen molar-refractivity contribution < 1.29 is 4.79 Å². The zero-order valence-electron chi connectivity index (χ0n) is 12.3. The van der Waals surface area contributed by atoms with Gasteiger partial charge >= 0.3 is 0 Å². The van der Waals surface area contributed by atoms with Crippen molar-refractivity contribution >= 4 is 23.1 Å². The van der Waals surface area contributed by atoms with Crippen molar-refractivity contribution in [1.29, 1.82) is 0 Å². The van der Waals surface area contributed by atoms with Crippen LogP contribution in [0.15, 0.2) is 36.5 Å². The van der Waals surface area contributed by atoms with Crippen molar-refractivity contribution in [3.63, 3.8) is 0 Å². The number of pyridine rings is 1. The first-order valence-electron chi connectivity index (χ1n) is 6.86. The number of hydrogen-bond acceptors (Lipinski definition) is 4. The van der Waals surface area contributed by atoms with E-state index in [0.717, 1.165) is 28.3 Å². The first-order chi connectivity index (χ1) is 10.0. The van der Waals surface area contributed by atoms with Crippen molar-refractivity contribution in [1.82, 2.24) is 4.98 Å². The predicted molar refractivity (Wildman–Crippen MR) is 84.7 cm³/mol. The molecule has 1 aliphatic heterocycles. The molecule has 0 fully saturated rings. The maximum absolute atomic E-state index is 12.1. The van der Waals surface area contributed by atoms with Crippen molar-refractivity contribution in [3.8, 4) is 0 Å². The molecule has 1 atom stereocenters. The van der Waals surface area contributed by atoms with Crippen LogP contribution >= 0.6 is 0 Å². The molecule has 3 rings (SSSR count). The molecule has 2 aromatic rings. The minimum atomic E-state index is -0.369. The Labute approximate surface area is 124 Å². The topological polar surface area (TPSA) is 57.3 Å². The zero-order chi connectivity index (χ0) is 15.0. The van der Waals surface area contributed by atoms with Crippen LogP contribution in [0.5, 0.6) is 0 Å². The molecule has 0 saturated carbocycles. The van der Waals surface area contributed by atoms with Crippen molar-refractivity contribution in [2.75, 3.05) is 29.6 Å². The number of fused-ring (bicyclic) bond motifs is 1. The number of carbonyl (C=O) groups is 1. The number of nitrogens with zero attached hydrogens (tertiary/aromatic N) is 2. The van der Waals surface area contributed by atoms with E-state index in [1.165, 1.54) is 0 Å². The molecule has 5 nitrogen and oxygen atoms in total. The molecule has 0 saturated heterocycles. The molecule has 0 spiro atoms. The van der Waals surface area contributed by atoms with E-state index in [4.69, 9.17) is 0 Å². The van der Waals surface area contributed by atoms with E-state index in [2.05, 4.69) is 15.6 Å². The minimum Gasteiger partial charge on any atom is -0.369 e. The van der Waals surface area contributed by atoms with Crippen LogP contribution in [0.4, 0.5) is 17.2 Å². The van der Waals surface area contributed by atoms with E-state index < -0.39 is 0 Å². The van der Waals surface area contributed by atoms with E-state index in [1.54, 1.807) is 6.20 Å². The van der Waals surface area contributed by atoms with Crippen LogP contribution in [0, 0.1) is 6.92 Å². The number of nitrogens with one attached hydrogen (secondary N) is 2. The molecule has 5 heteroatoms. The van der Waals surface area contributed by atoms with Gasteiger partial charge in [0.15, 0.2) is 0 Å². The summed E-state index contributed by atoms with van der Waals surface area (Å²) in [6.07, 6.45) is 1.75. The number of amides is 1. The highest BCUT2D eigenvalue weighted by Crippen LogP contribution is 2.33. The minimum absolute atomic E-state index is 0.0349. The molecule has 0 radical (unpaired) electrons. The average molecular weight is 282 g/mol. The van der Waals surface area contributed by atoms with Gasteiger partial charge in [0.25, 0.3) is 5.91 Å². The lowest BCUT2D eigenvalue weighted by Gasteiger charge is -2.15. The Morgan fingerprint density at radius 1 is 1.24 bits per heavy atom. The fourth-order valence-electron chi connectivity index (χ4n) is 2.43. The third-order valence-corrected chi connectivity index (χ3v) is 3.56. The van der Waals surface area contributed by atoms with Gasteiger partial charge in [0.2, 0.25) is 0 Å². The summed E-state index contributed by atoms with van der Waals surface area (Å²) in [6, 6.07) is 9.46. The highest BCUT2D eigenvalue weighted by atomic mass is 16.2. The molecule has 1 unspecified atom stereocenters. The molecule has 1 aliphatic rings. The van der Waals surface area contributed by atoms with Crippen LogP contribution < -0.4 is 15.5 Å². The van der Waals surface area contributed by atoms with Crippen LogP contribution in [0.1, 0.15) is 17.2 Å². The van der Waals surface area contributed by atoms with Gasteiger partial charge in [-0.2, -0.15) is 0 Å². The quantitative estimate of drug-likeness (QED) is 0.908. The molecule has 21 heavy (non-hydrogen) atoms. The van der Waals surface area contributed by atoms with Crippen LogP contribution in [-0.2, 0) is 4.79 Å².